The lowest BCUT2D eigenvalue weighted by Gasteiger charge is -2.29. The van der Waals surface area contributed by atoms with Crippen LogP contribution in [0.4, 0.5) is 0 Å². The van der Waals surface area contributed by atoms with E-state index >= 15 is 0 Å². The standard InChI is InChI=1S/C16H20N2O4/c1-16(2,11-18-9-4-5-10-18)13(19)15(20)22-12-7-6-8-17-14(12)21-3/h4-10,13,19H,11H2,1-3H3. The molecule has 22 heavy (non-hydrogen) atoms. The molecule has 0 aliphatic rings. The van der Waals surface area contributed by atoms with Crippen molar-refractivity contribution >= 4 is 5.97 Å². The van der Waals surface area contributed by atoms with Gasteiger partial charge in [-0.25, -0.2) is 9.78 Å². The van der Waals surface area contributed by atoms with E-state index in [0.29, 0.717) is 6.54 Å². The average Bonchev–Trinajstić information content (AvgIpc) is 2.99. The maximum absolute atomic E-state index is 12.2. The Morgan fingerprint density at radius 3 is 2.68 bits per heavy atom. The molecule has 2 rings (SSSR count). The molecular weight excluding hydrogens is 284 g/mol. The molecular formula is C16H20N2O4. The van der Waals surface area contributed by atoms with E-state index in [-0.39, 0.29) is 11.6 Å². The van der Waals surface area contributed by atoms with Gasteiger partial charge >= 0.3 is 5.97 Å². The number of ether oxygens (including phenoxy) is 2. The van der Waals surface area contributed by atoms with Gasteiger partial charge in [0, 0.05) is 30.6 Å². The van der Waals surface area contributed by atoms with E-state index in [1.807, 2.05) is 29.1 Å². The Morgan fingerprint density at radius 2 is 2.05 bits per heavy atom. The number of aliphatic hydroxyl groups excluding tert-OH is 1. The third-order valence-corrected chi connectivity index (χ3v) is 3.36. The van der Waals surface area contributed by atoms with E-state index in [1.165, 1.54) is 13.3 Å². The molecule has 0 amide bonds. The molecule has 1 N–H and O–H groups in total. The molecule has 0 radical (unpaired) electrons. The van der Waals surface area contributed by atoms with Crippen LogP contribution in [0.1, 0.15) is 13.8 Å². The van der Waals surface area contributed by atoms with Crippen LogP contribution >= 0.6 is 0 Å². The first kappa shape index (κ1) is 16.0. The molecule has 0 aliphatic heterocycles. The number of hydrogen-bond donors (Lipinski definition) is 1. The Bertz CT molecular complexity index is 623. The van der Waals surface area contributed by atoms with Gasteiger partial charge in [-0.2, -0.15) is 0 Å². The summed E-state index contributed by atoms with van der Waals surface area (Å²) in [5, 5.41) is 10.3. The molecule has 1 atom stereocenters. The number of pyridine rings is 1. The Hall–Kier alpha value is -2.34. The van der Waals surface area contributed by atoms with E-state index in [0.717, 1.165) is 0 Å². The fourth-order valence-electron chi connectivity index (χ4n) is 2.12. The van der Waals surface area contributed by atoms with Crippen LogP contribution in [0.15, 0.2) is 42.9 Å². The van der Waals surface area contributed by atoms with Gasteiger partial charge in [0.2, 0.25) is 0 Å². The third kappa shape index (κ3) is 3.65. The molecule has 0 saturated heterocycles. The lowest BCUT2D eigenvalue weighted by Crippen LogP contribution is -2.41. The van der Waals surface area contributed by atoms with Crippen molar-refractivity contribution in [2.45, 2.75) is 26.5 Å². The van der Waals surface area contributed by atoms with Gasteiger partial charge in [-0.3, -0.25) is 0 Å². The highest BCUT2D eigenvalue weighted by Gasteiger charge is 2.35. The quantitative estimate of drug-likeness (QED) is 0.825. The minimum absolute atomic E-state index is 0.186. The minimum Gasteiger partial charge on any atom is -0.478 e. The highest BCUT2D eigenvalue weighted by atomic mass is 16.6. The molecule has 0 bridgehead atoms. The summed E-state index contributed by atoms with van der Waals surface area (Å²) >= 11 is 0. The average molecular weight is 304 g/mol. The van der Waals surface area contributed by atoms with E-state index < -0.39 is 17.5 Å². The number of carbonyl (C=O) groups excluding carboxylic acids is 1. The van der Waals surface area contributed by atoms with Crippen LogP contribution in [0.2, 0.25) is 0 Å². The zero-order valence-corrected chi connectivity index (χ0v) is 12.9. The van der Waals surface area contributed by atoms with E-state index in [9.17, 15) is 9.90 Å². The van der Waals surface area contributed by atoms with Gasteiger partial charge in [-0.05, 0) is 24.3 Å². The predicted octanol–water partition coefficient (Wildman–Crippen LogP) is 1.88. The molecule has 6 heteroatoms. The summed E-state index contributed by atoms with van der Waals surface area (Å²) in [6, 6.07) is 6.97. The van der Waals surface area contributed by atoms with Crippen molar-refractivity contribution in [2.24, 2.45) is 5.41 Å². The summed E-state index contributed by atoms with van der Waals surface area (Å²) < 4.78 is 12.1. The maximum atomic E-state index is 12.2. The normalized spacial score (nSPS) is 12.7. The zero-order valence-electron chi connectivity index (χ0n) is 12.9. The summed E-state index contributed by atoms with van der Waals surface area (Å²) in [7, 11) is 1.44. The monoisotopic (exact) mass is 304 g/mol. The van der Waals surface area contributed by atoms with Gasteiger partial charge in [0.05, 0.1) is 7.11 Å². The molecule has 0 fully saturated rings. The maximum Gasteiger partial charge on any atom is 0.341 e. The van der Waals surface area contributed by atoms with Crippen LogP contribution in [0.3, 0.4) is 0 Å². The van der Waals surface area contributed by atoms with Crippen LogP contribution in [0.25, 0.3) is 0 Å². The summed E-state index contributed by atoms with van der Waals surface area (Å²) in [6.07, 6.45) is 4.01. The first-order valence-corrected chi connectivity index (χ1v) is 6.93. The van der Waals surface area contributed by atoms with Gasteiger partial charge in [-0.1, -0.05) is 13.8 Å². The Morgan fingerprint density at radius 1 is 1.36 bits per heavy atom. The smallest absolute Gasteiger partial charge is 0.341 e. The summed E-state index contributed by atoms with van der Waals surface area (Å²) in [6.45, 7) is 4.10. The molecule has 2 aromatic rings. The largest absolute Gasteiger partial charge is 0.478 e. The molecule has 0 aromatic carbocycles. The van der Waals surface area contributed by atoms with Gasteiger partial charge in [0.25, 0.3) is 5.88 Å². The van der Waals surface area contributed by atoms with E-state index in [2.05, 4.69) is 4.98 Å². The zero-order chi connectivity index (χ0) is 16.2. The number of methoxy groups -OCH3 is 1. The molecule has 118 valence electrons. The van der Waals surface area contributed by atoms with Gasteiger partial charge < -0.3 is 19.1 Å². The second kappa shape index (κ2) is 6.62. The predicted molar refractivity (Wildman–Crippen MR) is 80.6 cm³/mol. The van der Waals surface area contributed by atoms with Crippen molar-refractivity contribution in [2.75, 3.05) is 7.11 Å². The van der Waals surface area contributed by atoms with Gasteiger partial charge in [0.1, 0.15) is 0 Å². The Labute approximate surface area is 129 Å². The number of esters is 1. The van der Waals surface area contributed by atoms with Gasteiger partial charge in [0.15, 0.2) is 11.9 Å². The van der Waals surface area contributed by atoms with Crippen LogP contribution in [0, 0.1) is 5.41 Å². The number of nitrogens with zero attached hydrogens (tertiary/aromatic N) is 2. The highest BCUT2D eigenvalue weighted by Crippen LogP contribution is 2.28. The van der Waals surface area contributed by atoms with Crippen molar-refractivity contribution in [1.82, 2.24) is 9.55 Å². The summed E-state index contributed by atoms with van der Waals surface area (Å²) in [4.78, 5) is 16.1. The first-order valence-electron chi connectivity index (χ1n) is 6.93. The van der Waals surface area contributed by atoms with Gasteiger partial charge in [-0.15, -0.1) is 0 Å². The number of hydrogen-bond acceptors (Lipinski definition) is 5. The second-order valence-corrected chi connectivity index (χ2v) is 5.68. The van der Waals surface area contributed by atoms with Crippen molar-refractivity contribution < 1.29 is 19.4 Å². The highest BCUT2D eigenvalue weighted by molar-refractivity contribution is 5.78. The lowest BCUT2D eigenvalue weighted by molar-refractivity contribution is -0.150. The summed E-state index contributed by atoms with van der Waals surface area (Å²) in [5.41, 5.74) is -0.689. The fraction of sp³-hybridized carbons (Fsp3) is 0.375. The van der Waals surface area contributed by atoms with Crippen LogP contribution in [0.5, 0.6) is 11.6 Å². The molecule has 2 aromatic heterocycles. The molecule has 0 aliphatic carbocycles. The lowest BCUT2D eigenvalue weighted by atomic mass is 9.86. The Balaban J connectivity index is 2.07. The molecule has 0 saturated carbocycles. The minimum atomic E-state index is -1.28. The number of aromatic nitrogens is 2. The number of aliphatic hydroxyl groups is 1. The van der Waals surface area contributed by atoms with Crippen molar-refractivity contribution in [1.29, 1.82) is 0 Å². The SMILES string of the molecule is COc1ncccc1OC(=O)C(O)C(C)(C)Cn1cccc1. The second-order valence-electron chi connectivity index (χ2n) is 5.68. The van der Waals surface area contributed by atoms with Crippen molar-refractivity contribution in [3.63, 3.8) is 0 Å². The number of rotatable bonds is 6. The van der Waals surface area contributed by atoms with Crippen LogP contribution in [-0.2, 0) is 11.3 Å². The molecule has 0 spiro atoms. The van der Waals surface area contributed by atoms with Crippen molar-refractivity contribution in [3.05, 3.63) is 42.9 Å². The topological polar surface area (TPSA) is 73.6 Å². The molecule has 6 nitrogen and oxygen atoms in total. The van der Waals surface area contributed by atoms with Crippen LogP contribution < -0.4 is 9.47 Å². The van der Waals surface area contributed by atoms with Crippen molar-refractivity contribution in [3.8, 4) is 11.6 Å². The summed E-state index contributed by atoms with van der Waals surface area (Å²) in [5.74, 6) is -0.347. The van der Waals surface area contributed by atoms with E-state index in [4.69, 9.17) is 9.47 Å². The number of carbonyl (C=O) groups is 1. The van der Waals surface area contributed by atoms with Crippen LogP contribution in [-0.4, -0.2) is 33.8 Å². The third-order valence-electron chi connectivity index (χ3n) is 3.36. The molecule has 1 unspecified atom stereocenters. The van der Waals surface area contributed by atoms with E-state index in [1.54, 1.807) is 26.0 Å². The first-order chi connectivity index (χ1) is 10.4. The Kier molecular flexibility index (Phi) is 4.82. The fourth-order valence-corrected chi connectivity index (χ4v) is 2.12. The molecule has 2 heterocycles.